The molecule has 0 rings (SSSR count). The molecule has 0 aromatic heterocycles. The van der Waals surface area contributed by atoms with Crippen molar-refractivity contribution in [2.45, 2.75) is 43.8 Å². The van der Waals surface area contributed by atoms with E-state index in [1.165, 1.54) is 44.3 Å². The van der Waals surface area contributed by atoms with Crippen molar-refractivity contribution in [1.82, 2.24) is 0 Å². The fraction of sp³-hybridized carbons (Fsp3) is 1.00. The lowest BCUT2D eigenvalue weighted by molar-refractivity contribution is 0.607. The molecule has 0 aliphatic heterocycles. The van der Waals surface area contributed by atoms with Crippen molar-refractivity contribution in [3.8, 4) is 0 Å². The van der Waals surface area contributed by atoms with Gasteiger partial charge in [-0.25, -0.2) is 0 Å². The van der Waals surface area contributed by atoms with Crippen molar-refractivity contribution in [1.29, 1.82) is 0 Å². The molecule has 3 heteroatoms. The summed E-state index contributed by atoms with van der Waals surface area (Å²) in [6.45, 7) is 0.837. The second-order valence-electron chi connectivity index (χ2n) is 3.43. The van der Waals surface area contributed by atoms with Gasteiger partial charge in [-0.2, -0.15) is 24.4 Å². The van der Waals surface area contributed by atoms with Crippen molar-refractivity contribution < 1.29 is 0 Å². The van der Waals surface area contributed by atoms with Gasteiger partial charge in [-0.05, 0) is 44.2 Å². The van der Waals surface area contributed by atoms with Gasteiger partial charge in [-0.3, -0.25) is 0 Å². The smallest absolute Gasteiger partial charge is 0.00171 e. The van der Waals surface area contributed by atoms with E-state index in [2.05, 4.69) is 18.9 Å². The second kappa shape index (κ2) is 10.7. The van der Waals surface area contributed by atoms with Crippen LogP contribution in [0.25, 0.3) is 0 Å². The fourth-order valence-corrected chi connectivity index (χ4v) is 2.13. The first-order chi connectivity index (χ1) is 6.31. The molecule has 0 heterocycles. The van der Waals surface area contributed by atoms with Crippen LogP contribution in [0.15, 0.2) is 0 Å². The van der Waals surface area contributed by atoms with Gasteiger partial charge in [0.15, 0.2) is 0 Å². The van der Waals surface area contributed by atoms with Crippen LogP contribution in [0.4, 0.5) is 0 Å². The van der Waals surface area contributed by atoms with Gasteiger partial charge in [-0.15, -0.1) is 0 Å². The van der Waals surface area contributed by atoms with Crippen LogP contribution in [0, 0.1) is 0 Å². The van der Waals surface area contributed by atoms with E-state index in [0.717, 1.165) is 6.54 Å². The van der Waals surface area contributed by atoms with E-state index < -0.39 is 0 Å². The minimum atomic E-state index is 0.616. The Hall–Kier alpha value is 0.660. The summed E-state index contributed by atoms with van der Waals surface area (Å²) in [7, 11) is 0. The summed E-state index contributed by atoms with van der Waals surface area (Å²) in [6.07, 6.45) is 9.75. The minimum absolute atomic E-state index is 0.616. The normalized spacial score (nSPS) is 13.2. The highest BCUT2D eigenvalue weighted by Crippen LogP contribution is 2.14. The first-order valence-electron chi connectivity index (χ1n) is 5.18. The van der Waals surface area contributed by atoms with E-state index in [1.807, 2.05) is 11.8 Å². The summed E-state index contributed by atoms with van der Waals surface area (Å²) in [5.74, 6) is 1.28. The van der Waals surface area contributed by atoms with Crippen LogP contribution < -0.4 is 5.73 Å². The van der Waals surface area contributed by atoms with Crippen molar-refractivity contribution in [3.63, 3.8) is 0 Å². The van der Waals surface area contributed by atoms with Crippen molar-refractivity contribution in [2.24, 2.45) is 5.73 Å². The van der Waals surface area contributed by atoms with E-state index in [0.29, 0.717) is 5.25 Å². The zero-order valence-electron chi connectivity index (χ0n) is 8.67. The van der Waals surface area contributed by atoms with Gasteiger partial charge in [0.05, 0.1) is 0 Å². The number of hydrogen-bond donors (Lipinski definition) is 2. The monoisotopic (exact) mass is 221 g/mol. The predicted octanol–water partition coefficient (Wildman–Crippen LogP) is 2.95. The number of thioether (sulfide) groups is 1. The summed E-state index contributed by atoms with van der Waals surface area (Å²) in [4.78, 5) is 0. The van der Waals surface area contributed by atoms with E-state index in [-0.39, 0.29) is 0 Å². The first-order valence-corrected chi connectivity index (χ1v) is 7.09. The molecule has 0 spiro atoms. The number of rotatable bonds is 9. The van der Waals surface area contributed by atoms with Gasteiger partial charge < -0.3 is 5.73 Å². The minimum Gasteiger partial charge on any atom is -0.330 e. The number of unbranched alkanes of at least 4 members (excludes halogenated alkanes) is 2. The molecule has 0 aliphatic rings. The molecule has 80 valence electrons. The van der Waals surface area contributed by atoms with E-state index >= 15 is 0 Å². The molecular formula is C10H23NS2. The molecule has 1 atom stereocenters. The standard InChI is InChI=1S/C10H23NS2/c1-13-9-5-7-10(12)6-3-2-4-8-11/h10,12H,2-9,11H2,1H3. The molecule has 2 N–H and O–H groups in total. The topological polar surface area (TPSA) is 26.0 Å². The van der Waals surface area contributed by atoms with E-state index in [4.69, 9.17) is 5.73 Å². The van der Waals surface area contributed by atoms with Crippen LogP contribution in [-0.4, -0.2) is 23.8 Å². The average molecular weight is 221 g/mol. The third-order valence-electron chi connectivity index (χ3n) is 2.13. The Morgan fingerprint density at radius 1 is 1.15 bits per heavy atom. The Morgan fingerprint density at radius 3 is 2.46 bits per heavy atom. The quantitative estimate of drug-likeness (QED) is 0.462. The lowest BCUT2D eigenvalue weighted by atomic mass is 10.1. The molecule has 0 aromatic carbocycles. The third kappa shape index (κ3) is 10.6. The SMILES string of the molecule is CSCCCC(S)CCCCCN. The largest absolute Gasteiger partial charge is 0.330 e. The van der Waals surface area contributed by atoms with Crippen LogP contribution in [0.1, 0.15) is 38.5 Å². The zero-order chi connectivity index (χ0) is 9.94. The molecule has 13 heavy (non-hydrogen) atoms. The summed E-state index contributed by atoms with van der Waals surface area (Å²) >= 11 is 6.49. The maximum Gasteiger partial charge on any atom is 0.00171 e. The van der Waals surface area contributed by atoms with Gasteiger partial charge in [0.25, 0.3) is 0 Å². The average Bonchev–Trinajstić information content (AvgIpc) is 2.13. The Balaban J connectivity index is 3.05. The highest BCUT2D eigenvalue weighted by atomic mass is 32.2. The van der Waals surface area contributed by atoms with Gasteiger partial charge in [0, 0.05) is 5.25 Å². The first kappa shape index (κ1) is 13.7. The van der Waals surface area contributed by atoms with Gasteiger partial charge >= 0.3 is 0 Å². The molecule has 0 saturated carbocycles. The van der Waals surface area contributed by atoms with Gasteiger partial charge in [0.1, 0.15) is 0 Å². The molecule has 0 radical (unpaired) electrons. The fourth-order valence-electron chi connectivity index (χ4n) is 1.31. The van der Waals surface area contributed by atoms with E-state index in [1.54, 1.807) is 0 Å². The molecule has 0 aliphatic carbocycles. The van der Waals surface area contributed by atoms with Crippen LogP contribution in [0.2, 0.25) is 0 Å². The van der Waals surface area contributed by atoms with Crippen LogP contribution in [-0.2, 0) is 0 Å². The summed E-state index contributed by atoms with van der Waals surface area (Å²) in [5.41, 5.74) is 5.42. The third-order valence-corrected chi connectivity index (χ3v) is 3.34. The van der Waals surface area contributed by atoms with Crippen molar-refractivity contribution >= 4 is 24.4 Å². The molecular weight excluding hydrogens is 198 g/mol. The molecule has 0 bridgehead atoms. The van der Waals surface area contributed by atoms with E-state index in [9.17, 15) is 0 Å². The highest BCUT2D eigenvalue weighted by molar-refractivity contribution is 7.98. The Bertz CT molecular complexity index is 98.9. The summed E-state index contributed by atoms with van der Waals surface area (Å²) < 4.78 is 0. The molecule has 0 fully saturated rings. The Labute approximate surface area is 92.6 Å². The molecule has 1 unspecified atom stereocenters. The number of hydrogen-bond acceptors (Lipinski definition) is 3. The predicted molar refractivity (Wildman–Crippen MR) is 67.9 cm³/mol. The Morgan fingerprint density at radius 2 is 1.85 bits per heavy atom. The van der Waals surface area contributed by atoms with Gasteiger partial charge in [0.2, 0.25) is 0 Å². The van der Waals surface area contributed by atoms with Crippen molar-refractivity contribution in [2.75, 3.05) is 18.6 Å². The number of nitrogens with two attached hydrogens (primary N) is 1. The maximum absolute atomic E-state index is 5.42. The summed E-state index contributed by atoms with van der Waals surface area (Å²) in [6, 6.07) is 0. The Kier molecular flexibility index (Phi) is 11.3. The molecule has 0 saturated heterocycles. The summed E-state index contributed by atoms with van der Waals surface area (Å²) in [5, 5.41) is 0.616. The second-order valence-corrected chi connectivity index (χ2v) is 5.14. The highest BCUT2D eigenvalue weighted by Gasteiger charge is 2.01. The lowest BCUT2D eigenvalue weighted by Crippen LogP contribution is -2.01. The van der Waals surface area contributed by atoms with Gasteiger partial charge in [-0.1, -0.05) is 12.8 Å². The maximum atomic E-state index is 5.42. The zero-order valence-corrected chi connectivity index (χ0v) is 10.4. The molecule has 0 aromatic rings. The molecule has 0 amide bonds. The molecule has 1 nitrogen and oxygen atoms in total. The lowest BCUT2D eigenvalue weighted by Gasteiger charge is -2.09. The van der Waals surface area contributed by atoms with Crippen LogP contribution >= 0.6 is 24.4 Å². The van der Waals surface area contributed by atoms with Crippen molar-refractivity contribution in [3.05, 3.63) is 0 Å². The number of thiol groups is 1. The van der Waals surface area contributed by atoms with Crippen LogP contribution in [0.5, 0.6) is 0 Å². The van der Waals surface area contributed by atoms with Crippen LogP contribution in [0.3, 0.4) is 0 Å².